The molecule has 160 valence electrons. The van der Waals surface area contributed by atoms with Gasteiger partial charge in [0.15, 0.2) is 3.92 Å². The Labute approximate surface area is 185 Å². The van der Waals surface area contributed by atoms with E-state index in [4.69, 9.17) is 9.47 Å². The number of carbonyl (C=O) groups is 2. The van der Waals surface area contributed by atoms with Gasteiger partial charge in [0.2, 0.25) is 0 Å². The van der Waals surface area contributed by atoms with Crippen LogP contribution in [0.15, 0.2) is 22.1 Å². The van der Waals surface area contributed by atoms with Crippen molar-refractivity contribution in [2.75, 3.05) is 49.2 Å². The van der Waals surface area contributed by atoms with Gasteiger partial charge in [-0.25, -0.2) is 14.2 Å². The number of rotatable bonds is 5. The van der Waals surface area contributed by atoms with Crippen molar-refractivity contribution >= 4 is 50.6 Å². The number of nitrogens with zero attached hydrogens (tertiary/aromatic N) is 3. The number of anilines is 2. The standard InChI is InChI=1S/C19H20BrFN4O4S/c1-11-16(30-18(20)23-11)17(26)22-9-13-10-25(19(27)29-13)12-2-3-15(14(21)8-12)24-4-6-28-7-5-24/h2-3,8,13H,4-7,9-10H2,1H3,(H,22,26)/t13-/m0/s1. The van der Waals surface area contributed by atoms with E-state index in [1.54, 1.807) is 19.1 Å². The molecule has 0 unspecified atom stereocenters. The second kappa shape index (κ2) is 8.86. The van der Waals surface area contributed by atoms with E-state index in [-0.39, 0.29) is 19.0 Å². The molecule has 2 fully saturated rings. The molecule has 0 bridgehead atoms. The fourth-order valence-corrected chi connectivity index (χ4v) is 4.88. The van der Waals surface area contributed by atoms with Gasteiger partial charge >= 0.3 is 6.09 Å². The minimum Gasteiger partial charge on any atom is -0.442 e. The third-order valence-corrected chi connectivity index (χ3v) is 6.54. The summed E-state index contributed by atoms with van der Waals surface area (Å²) in [7, 11) is 0. The van der Waals surface area contributed by atoms with Crippen LogP contribution in [0.25, 0.3) is 0 Å². The number of nitrogens with one attached hydrogen (secondary N) is 1. The zero-order chi connectivity index (χ0) is 21.3. The first-order valence-corrected chi connectivity index (χ1v) is 11.0. The second-order valence-electron chi connectivity index (χ2n) is 6.94. The fraction of sp³-hybridized carbons (Fsp3) is 0.421. The number of amides is 2. The molecule has 2 aliphatic heterocycles. The molecular weight excluding hydrogens is 479 g/mol. The van der Waals surface area contributed by atoms with E-state index in [1.807, 2.05) is 4.90 Å². The van der Waals surface area contributed by atoms with Crippen LogP contribution in [0.5, 0.6) is 0 Å². The first-order valence-electron chi connectivity index (χ1n) is 9.44. The SMILES string of the molecule is Cc1nc(Br)sc1C(=O)NC[C@H]1CN(c2ccc(N3CCOCC3)c(F)c2)C(=O)O1. The molecule has 0 spiro atoms. The molecule has 1 atom stereocenters. The molecule has 4 rings (SSSR count). The first-order chi connectivity index (χ1) is 14.4. The predicted molar refractivity (Wildman–Crippen MR) is 114 cm³/mol. The number of hydrogen-bond acceptors (Lipinski definition) is 7. The number of hydrogen-bond donors (Lipinski definition) is 1. The highest BCUT2D eigenvalue weighted by atomic mass is 79.9. The molecule has 3 heterocycles. The van der Waals surface area contributed by atoms with Gasteiger partial charge in [-0.1, -0.05) is 0 Å². The molecule has 2 amide bonds. The van der Waals surface area contributed by atoms with E-state index in [9.17, 15) is 14.0 Å². The molecule has 0 radical (unpaired) electrons. The summed E-state index contributed by atoms with van der Waals surface area (Å²) in [6, 6.07) is 4.71. The Hall–Kier alpha value is -2.24. The Morgan fingerprint density at radius 1 is 1.40 bits per heavy atom. The molecule has 8 nitrogen and oxygen atoms in total. The van der Waals surface area contributed by atoms with E-state index < -0.39 is 18.0 Å². The maximum absolute atomic E-state index is 14.7. The van der Waals surface area contributed by atoms with Crippen LogP contribution in [0.4, 0.5) is 20.6 Å². The number of morpholine rings is 1. The Morgan fingerprint density at radius 3 is 2.83 bits per heavy atom. The van der Waals surface area contributed by atoms with Crippen LogP contribution in [0.3, 0.4) is 0 Å². The third-order valence-electron chi connectivity index (χ3n) is 4.94. The number of ether oxygens (including phenoxy) is 2. The van der Waals surface area contributed by atoms with E-state index in [0.29, 0.717) is 52.2 Å². The van der Waals surface area contributed by atoms with Crippen LogP contribution >= 0.6 is 27.3 Å². The summed E-state index contributed by atoms with van der Waals surface area (Å²) in [5.41, 5.74) is 1.54. The van der Waals surface area contributed by atoms with Crippen molar-refractivity contribution in [3.8, 4) is 0 Å². The minimum absolute atomic E-state index is 0.157. The molecule has 2 aromatic rings. The summed E-state index contributed by atoms with van der Waals surface area (Å²) in [5.74, 6) is -0.670. The monoisotopic (exact) mass is 498 g/mol. The summed E-state index contributed by atoms with van der Waals surface area (Å²) in [5, 5.41) is 2.77. The van der Waals surface area contributed by atoms with E-state index >= 15 is 0 Å². The molecule has 2 saturated heterocycles. The van der Waals surface area contributed by atoms with Crippen LogP contribution < -0.4 is 15.1 Å². The summed E-state index contributed by atoms with van der Waals surface area (Å²) < 4.78 is 25.9. The largest absolute Gasteiger partial charge is 0.442 e. The van der Waals surface area contributed by atoms with Crippen LogP contribution in [0.1, 0.15) is 15.4 Å². The average Bonchev–Trinajstić information content (AvgIpc) is 3.27. The van der Waals surface area contributed by atoms with Crippen molar-refractivity contribution in [3.63, 3.8) is 0 Å². The van der Waals surface area contributed by atoms with Crippen LogP contribution in [-0.4, -0.2) is 62.5 Å². The van der Waals surface area contributed by atoms with Gasteiger partial charge in [-0.2, -0.15) is 0 Å². The Bertz CT molecular complexity index is 966. The van der Waals surface area contributed by atoms with Gasteiger partial charge in [-0.15, -0.1) is 11.3 Å². The first kappa shape index (κ1) is 21.0. The van der Waals surface area contributed by atoms with Crippen LogP contribution in [0, 0.1) is 12.7 Å². The Morgan fingerprint density at radius 2 is 2.17 bits per heavy atom. The molecule has 2 aliphatic rings. The third kappa shape index (κ3) is 4.42. The zero-order valence-electron chi connectivity index (χ0n) is 16.2. The Balaban J connectivity index is 1.38. The van der Waals surface area contributed by atoms with Crippen molar-refractivity contribution < 1.29 is 23.5 Å². The lowest BCUT2D eigenvalue weighted by Gasteiger charge is -2.29. The lowest BCUT2D eigenvalue weighted by Crippen LogP contribution is -2.37. The molecule has 0 saturated carbocycles. The maximum Gasteiger partial charge on any atom is 0.414 e. The molecule has 30 heavy (non-hydrogen) atoms. The van der Waals surface area contributed by atoms with Gasteiger partial charge in [0.1, 0.15) is 16.8 Å². The second-order valence-corrected chi connectivity index (χ2v) is 9.22. The van der Waals surface area contributed by atoms with Crippen molar-refractivity contribution in [1.82, 2.24) is 10.3 Å². The van der Waals surface area contributed by atoms with Crippen molar-refractivity contribution in [2.24, 2.45) is 0 Å². The number of carbonyl (C=O) groups excluding carboxylic acids is 2. The summed E-state index contributed by atoms with van der Waals surface area (Å²) in [6.45, 7) is 4.50. The smallest absolute Gasteiger partial charge is 0.414 e. The fourth-order valence-electron chi connectivity index (χ4n) is 3.42. The number of benzene rings is 1. The highest BCUT2D eigenvalue weighted by Gasteiger charge is 2.33. The number of aryl methyl sites for hydroxylation is 1. The van der Waals surface area contributed by atoms with Gasteiger partial charge in [-0.05, 0) is 41.1 Å². The Kier molecular flexibility index (Phi) is 6.21. The molecule has 11 heteroatoms. The highest BCUT2D eigenvalue weighted by Crippen LogP contribution is 2.28. The van der Waals surface area contributed by atoms with E-state index in [1.165, 1.54) is 22.3 Å². The lowest BCUT2D eigenvalue weighted by molar-refractivity contribution is 0.0919. The quantitative estimate of drug-likeness (QED) is 0.682. The summed E-state index contributed by atoms with van der Waals surface area (Å²) >= 11 is 4.50. The topological polar surface area (TPSA) is 84.0 Å². The molecule has 1 aromatic carbocycles. The molecule has 1 N–H and O–H groups in total. The van der Waals surface area contributed by atoms with Gasteiger partial charge in [0, 0.05) is 13.1 Å². The summed E-state index contributed by atoms with van der Waals surface area (Å²) in [6.07, 6.45) is -1.09. The average molecular weight is 499 g/mol. The number of cyclic esters (lactones) is 1. The van der Waals surface area contributed by atoms with Gasteiger partial charge in [0.25, 0.3) is 5.91 Å². The van der Waals surface area contributed by atoms with Gasteiger partial charge in [0.05, 0.1) is 43.4 Å². The van der Waals surface area contributed by atoms with E-state index in [2.05, 4.69) is 26.2 Å². The minimum atomic E-state index is -0.565. The predicted octanol–water partition coefficient (Wildman–Crippen LogP) is 2.94. The van der Waals surface area contributed by atoms with Crippen LogP contribution in [0.2, 0.25) is 0 Å². The maximum atomic E-state index is 14.7. The van der Waals surface area contributed by atoms with Crippen LogP contribution in [-0.2, 0) is 9.47 Å². The van der Waals surface area contributed by atoms with Gasteiger partial charge < -0.3 is 19.7 Å². The number of halogens is 2. The highest BCUT2D eigenvalue weighted by molar-refractivity contribution is 9.11. The lowest BCUT2D eigenvalue weighted by atomic mass is 10.2. The number of thiazole rings is 1. The molecule has 0 aliphatic carbocycles. The van der Waals surface area contributed by atoms with Gasteiger partial charge in [-0.3, -0.25) is 9.69 Å². The van der Waals surface area contributed by atoms with Crippen molar-refractivity contribution in [3.05, 3.63) is 38.5 Å². The zero-order valence-corrected chi connectivity index (χ0v) is 18.6. The molecular formula is C19H20BrFN4O4S. The van der Waals surface area contributed by atoms with Crippen molar-refractivity contribution in [1.29, 1.82) is 0 Å². The normalized spacial score (nSPS) is 19.2. The summed E-state index contributed by atoms with van der Waals surface area (Å²) in [4.78, 5) is 32.6. The number of aromatic nitrogens is 1. The van der Waals surface area contributed by atoms with Crippen molar-refractivity contribution in [2.45, 2.75) is 13.0 Å². The van der Waals surface area contributed by atoms with E-state index in [0.717, 1.165) is 0 Å². The molecule has 1 aromatic heterocycles.